The second-order valence-electron chi connectivity index (χ2n) is 4.08. The van der Waals surface area contributed by atoms with Crippen LogP contribution in [0.3, 0.4) is 0 Å². The molecule has 3 nitrogen and oxygen atoms in total. The molecule has 0 spiro atoms. The molecule has 19 heavy (non-hydrogen) atoms. The van der Waals surface area contributed by atoms with Crippen molar-refractivity contribution < 1.29 is 18.4 Å². The maximum Gasteiger partial charge on any atom is 0.216 e. The number of amides is 1. The molecule has 0 radical (unpaired) electrons. The minimum Gasteiger partial charge on any atom is -0.356 e. The summed E-state index contributed by atoms with van der Waals surface area (Å²) in [6.07, 6.45) is 3.63. The molecule has 0 fully saturated rings. The zero-order valence-corrected chi connectivity index (χ0v) is 10.8. The molecule has 1 aromatic carbocycles. The van der Waals surface area contributed by atoms with Gasteiger partial charge in [-0.25, -0.2) is 8.78 Å². The fourth-order valence-electron chi connectivity index (χ4n) is 1.51. The lowest BCUT2D eigenvalue weighted by Crippen LogP contribution is -2.20. The van der Waals surface area contributed by atoms with E-state index in [2.05, 4.69) is 5.32 Å². The van der Waals surface area contributed by atoms with Gasteiger partial charge in [-0.3, -0.25) is 9.59 Å². The summed E-state index contributed by atoms with van der Waals surface area (Å²) in [5.41, 5.74) is 0.0114. The van der Waals surface area contributed by atoms with Gasteiger partial charge in [0.25, 0.3) is 0 Å². The van der Waals surface area contributed by atoms with E-state index in [1.165, 1.54) is 26.0 Å². The fourth-order valence-corrected chi connectivity index (χ4v) is 1.51. The van der Waals surface area contributed by atoms with Gasteiger partial charge < -0.3 is 5.32 Å². The van der Waals surface area contributed by atoms with Crippen LogP contribution in [0.4, 0.5) is 8.78 Å². The maximum absolute atomic E-state index is 13.5. The Labute approximate surface area is 110 Å². The quantitative estimate of drug-likeness (QED) is 0.658. The second-order valence-corrected chi connectivity index (χ2v) is 4.08. The van der Waals surface area contributed by atoms with Crippen LogP contribution in [0.25, 0.3) is 6.08 Å². The fraction of sp³-hybridized carbons (Fsp3) is 0.286. The van der Waals surface area contributed by atoms with Crippen molar-refractivity contribution in [3.05, 3.63) is 41.0 Å². The molecule has 0 aliphatic rings. The van der Waals surface area contributed by atoms with Crippen LogP contribution in [-0.2, 0) is 4.79 Å². The number of benzene rings is 1. The molecule has 0 bridgehead atoms. The molecule has 1 amide bonds. The van der Waals surface area contributed by atoms with Crippen molar-refractivity contribution >= 4 is 17.8 Å². The van der Waals surface area contributed by atoms with E-state index in [1.54, 1.807) is 6.08 Å². The van der Waals surface area contributed by atoms with E-state index in [-0.39, 0.29) is 17.0 Å². The Hall–Kier alpha value is -2.04. The van der Waals surface area contributed by atoms with Gasteiger partial charge in [-0.15, -0.1) is 0 Å². The van der Waals surface area contributed by atoms with Gasteiger partial charge >= 0.3 is 0 Å². The predicted molar refractivity (Wildman–Crippen MR) is 68.7 cm³/mol. The molecule has 0 aliphatic heterocycles. The standard InChI is InChI=1S/C14H15F2NO2/c1-9(18)12-7-11(13(15)8-14(12)16)5-3-4-6-17-10(2)19/h3,5,7-8H,4,6H2,1-2H3,(H,17,19). The minimum atomic E-state index is -0.861. The van der Waals surface area contributed by atoms with Gasteiger partial charge in [0, 0.05) is 25.1 Å². The summed E-state index contributed by atoms with van der Waals surface area (Å²) >= 11 is 0. The number of hydrogen-bond acceptors (Lipinski definition) is 2. The van der Waals surface area contributed by atoms with Crippen LogP contribution in [0.15, 0.2) is 18.2 Å². The lowest BCUT2D eigenvalue weighted by atomic mass is 10.1. The van der Waals surface area contributed by atoms with Crippen LogP contribution in [0.1, 0.15) is 36.2 Å². The summed E-state index contributed by atoms with van der Waals surface area (Å²) in [7, 11) is 0. The molecule has 0 saturated carbocycles. The highest BCUT2D eigenvalue weighted by molar-refractivity contribution is 5.94. The molecule has 0 atom stereocenters. The van der Waals surface area contributed by atoms with Crippen molar-refractivity contribution in [1.82, 2.24) is 5.32 Å². The van der Waals surface area contributed by atoms with Crippen molar-refractivity contribution in [3.8, 4) is 0 Å². The molecule has 0 unspecified atom stereocenters. The maximum atomic E-state index is 13.5. The summed E-state index contributed by atoms with van der Waals surface area (Å²) in [5.74, 6) is -2.18. The van der Waals surface area contributed by atoms with Crippen LogP contribution >= 0.6 is 0 Å². The molecule has 1 N–H and O–H groups in total. The summed E-state index contributed by atoms with van der Waals surface area (Å²) in [6, 6.07) is 1.88. The third kappa shape index (κ3) is 4.62. The van der Waals surface area contributed by atoms with Crippen molar-refractivity contribution in [2.45, 2.75) is 20.3 Å². The number of halogens is 2. The van der Waals surface area contributed by atoms with Gasteiger partial charge in [0.1, 0.15) is 11.6 Å². The van der Waals surface area contributed by atoms with Crippen LogP contribution in [0.2, 0.25) is 0 Å². The molecule has 1 aromatic rings. The highest BCUT2D eigenvalue weighted by Gasteiger charge is 2.11. The van der Waals surface area contributed by atoms with Crippen LogP contribution < -0.4 is 5.32 Å². The first-order chi connectivity index (χ1) is 8.91. The van der Waals surface area contributed by atoms with E-state index in [1.807, 2.05) is 0 Å². The largest absolute Gasteiger partial charge is 0.356 e. The van der Waals surface area contributed by atoms with Gasteiger partial charge in [0.2, 0.25) is 5.91 Å². The normalized spacial score (nSPS) is 10.7. The highest BCUT2D eigenvalue weighted by atomic mass is 19.1. The monoisotopic (exact) mass is 267 g/mol. The first-order valence-electron chi connectivity index (χ1n) is 5.82. The van der Waals surface area contributed by atoms with Crippen molar-refractivity contribution in [3.63, 3.8) is 0 Å². The smallest absolute Gasteiger partial charge is 0.216 e. The molecule has 0 aromatic heterocycles. The summed E-state index contributed by atoms with van der Waals surface area (Å²) in [5, 5.41) is 2.59. The van der Waals surface area contributed by atoms with Crippen LogP contribution in [-0.4, -0.2) is 18.2 Å². The summed E-state index contributed by atoms with van der Waals surface area (Å²) < 4.78 is 26.7. The highest BCUT2D eigenvalue weighted by Crippen LogP contribution is 2.17. The van der Waals surface area contributed by atoms with Gasteiger partial charge in [-0.1, -0.05) is 12.2 Å². The number of ketones is 1. The minimum absolute atomic E-state index is 0.136. The summed E-state index contributed by atoms with van der Waals surface area (Å²) in [4.78, 5) is 21.8. The van der Waals surface area contributed by atoms with Crippen LogP contribution in [0, 0.1) is 11.6 Å². The van der Waals surface area contributed by atoms with Crippen molar-refractivity contribution in [1.29, 1.82) is 0 Å². The van der Waals surface area contributed by atoms with Crippen molar-refractivity contribution in [2.24, 2.45) is 0 Å². The Morgan fingerprint density at radius 2 is 1.89 bits per heavy atom. The van der Waals surface area contributed by atoms with E-state index < -0.39 is 17.4 Å². The number of hydrogen-bond donors (Lipinski definition) is 1. The average Bonchev–Trinajstić information content (AvgIpc) is 2.30. The lowest BCUT2D eigenvalue weighted by molar-refractivity contribution is -0.118. The number of nitrogens with one attached hydrogen (secondary N) is 1. The lowest BCUT2D eigenvalue weighted by Gasteiger charge is -2.03. The molecule has 0 heterocycles. The SMILES string of the molecule is CC(=O)NCCC=Cc1cc(C(C)=O)c(F)cc1F. The number of rotatable bonds is 5. The van der Waals surface area contributed by atoms with Gasteiger partial charge in [-0.2, -0.15) is 0 Å². The van der Waals surface area contributed by atoms with E-state index in [9.17, 15) is 18.4 Å². The Morgan fingerprint density at radius 3 is 2.47 bits per heavy atom. The van der Waals surface area contributed by atoms with Gasteiger partial charge in [0.05, 0.1) is 5.56 Å². The predicted octanol–water partition coefficient (Wildman–Crippen LogP) is 2.71. The topological polar surface area (TPSA) is 46.2 Å². The average molecular weight is 267 g/mol. The second kappa shape index (κ2) is 6.78. The molecule has 5 heteroatoms. The van der Waals surface area contributed by atoms with Gasteiger partial charge in [0.15, 0.2) is 5.78 Å². The van der Waals surface area contributed by atoms with E-state index in [0.29, 0.717) is 19.0 Å². The van der Waals surface area contributed by atoms with E-state index >= 15 is 0 Å². The number of Topliss-reactive ketones (excluding diaryl/α,β-unsaturated/α-hetero) is 1. The van der Waals surface area contributed by atoms with E-state index in [4.69, 9.17) is 0 Å². The molecular weight excluding hydrogens is 252 g/mol. The third-order valence-electron chi connectivity index (χ3n) is 2.45. The Bertz CT molecular complexity index is 524. The molecular formula is C14H15F2NO2. The zero-order chi connectivity index (χ0) is 14.4. The van der Waals surface area contributed by atoms with Crippen molar-refractivity contribution in [2.75, 3.05) is 6.54 Å². The summed E-state index contributed by atoms with van der Waals surface area (Å²) in [6.45, 7) is 3.07. The van der Waals surface area contributed by atoms with Gasteiger partial charge in [-0.05, 0) is 19.4 Å². The molecule has 0 saturated heterocycles. The number of carbonyl (C=O) groups is 2. The van der Waals surface area contributed by atoms with E-state index in [0.717, 1.165) is 0 Å². The first kappa shape index (κ1) is 15.0. The zero-order valence-electron chi connectivity index (χ0n) is 10.8. The number of carbonyl (C=O) groups excluding carboxylic acids is 2. The molecule has 1 rings (SSSR count). The molecule has 102 valence electrons. The third-order valence-corrected chi connectivity index (χ3v) is 2.45. The Kier molecular flexibility index (Phi) is 5.36. The first-order valence-corrected chi connectivity index (χ1v) is 5.82. The Balaban J connectivity index is 2.77. The van der Waals surface area contributed by atoms with Crippen LogP contribution in [0.5, 0.6) is 0 Å². The Morgan fingerprint density at radius 1 is 1.21 bits per heavy atom. The molecule has 0 aliphatic carbocycles.